The Hall–Kier alpha value is 0.528. The third-order valence-electron chi connectivity index (χ3n) is 3.07. The molecule has 2 nitrogen and oxygen atoms in total. The van der Waals surface area contributed by atoms with Crippen LogP contribution in [-0.4, -0.2) is 39.1 Å². The van der Waals surface area contributed by atoms with Crippen molar-refractivity contribution in [2.75, 3.05) is 0 Å². The van der Waals surface area contributed by atoms with Crippen LogP contribution in [0.1, 0.15) is 45.4 Å². The number of hydrogen-bond donors (Lipinski definition) is 0. The van der Waals surface area contributed by atoms with E-state index in [0.29, 0.717) is 0 Å². The molecule has 110 valence electrons. The van der Waals surface area contributed by atoms with Gasteiger partial charge in [0.2, 0.25) is 0 Å². The lowest BCUT2D eigenvalue weighted by atomic mass is 10.1. The van der Waals surface area contributed by atoms with Crippen molar-refractivity contribution < 1.29 is 8.23 Å². The van der Waals surface area contributed by atoms with Crippen molar-refractivity contribution in [1.82, 2.24) is 0 Å². The van der Waals surface area contributed by atoms with Gasteiger partial charge in [0.1, 0.15) is 21.0 Å². The average molecular weight is 323 g/mol. The fourth-order valence-electron chi connectivity index (χ4n) is 1.43. The van der Waals surface area contributed by atoms with Crippen LogP contribution in [0.4, 0.5) is 0 Å². The van der Waals surface area contributed by atoms with Crippen molar-refractivity contribution in [3.63, 3.8) is 0 Å². The molecule has 2 unspecified atom stereocenters. The molecule has 0 bridgehead atoms. The SMILES string of the molecule is C=C[SiH](C)O[SiH3].CCCCCCCC[SiH](C)O[SiH3]. The molecular weight excluding hydrogens is 288 g/mol. The summed E-state index contributed by atoms with van der Waals surface area (Å²) < 4.78 is 10.5. The Balaban J connectivity index is 0. The van der Waals surface area contributed by atoms with Crippen molar-refractivity contribution >= 4 is 39.1 Å². The maximum Gasteiger partial charge on any atom is 0.183 e. The fraction of sp³-hybridized carbons (Fsp3) is 0.833. The Bertz CT molecular complexity index is 170. The Morgan fingerprint density at radius 3 is 1.94 bits per heavy atom. The molecule has 0 N–H and O–H groups in total. The smallest absolute Gasteiger partial charge is 0.183 e. The summed E-state index contributed by atoms with van der Waals surface area (Å²) in [5.41, 5.74) is 1.92. The maximum absolute atomic E-state index is 5.46. The molecule has 0 saturated carbocycles. The van der Waals surface area contributed by atoms with E-state index in [4.69, 9.17) is 8.23 Å². The molecule has 0 rings (SSSR count). The number of hydrogen-bond acceptors (Lipinski definition) is 2. The Morgan fingerprint density at radius 1 is 1.00 bits per heavy atom. The van der Waals surface area contributed by atoms with Gasteiger partial charge in [-0.05, 0) is 19.1 Å². The van der Waals surface area contributed by atoms with E-state index in [1.165, 1.54) is 44.6 Å². The van der Waals surface area contributed by atoms with Crippen LogP contribution in [0.5, 0.6) is 0 Å². The molecule has 0 spiro atoms. The normalized spacial score (nSPS) is 13.7. The van der Waals surface area contributed by atoms with E-state index in [-0.39, 0.29) is 0 Å². The minimum atomic E-state index is -0.835. The first-order valence-corrected chi connectivity index (χ1v) is 13.7. The molecule has 0 saturated heterocycles. The van der Waals surface area contributed by atoms with Gasteiger partial charge in [0, 0.05) is 0 Å². The van der Waals surface area contributed by atoms with Crippen LogP contribution < -0.4 is 0 Å². The van der Waals surface area contributed by atoms with Crippen LogP contribution in [0.3, 0.4) is 0 Å². The van der Waals surface area contributed by atoms with Crippen molar-refractivity contribution in [3.05, 3.63) is 12.3 Å². The van der Waals surface area contributed by atoms with Gasteiger partial charge in [-0.15, -0.1) is 6.58 Å². The standard InChI is InChI=1S/C9H24OSi2.C3H10OSi2/c1-3-4-5-6-7-8-9-12(2)10-11;1-3-6(2)4-5/h12H,3-9H2,1-2,11H3;3,6H,1H2,2,5H3. The summed E-state index contributed by atoms with van der Waals surface area (Å²) in [4.78, 5) is 0. The van der Waals surface area contributed by atoms with Crippen LogP contribution in [0.15, 0.2) is 12.3 Å². The highest BCUT2D eigenvalue weighted by Gasteiger charge is 1.99. The van der Waals surface area contributed by atoms with Gasteiger partial charge in [0.25, 0.3) is 0 Å². The first-order chi connectivity index (χ1) is 8.62. The van der Waals surface area contributed by atoms with Crippen LogP contribution in [0.25, 0.3) is 0 Å². The molecule has 0 aliphatic carbocycles. The summed E-state index contributed by atoms with van der Waals surface area (Å²) in [6.07, 6.45) is 8.50. The molecule has 18 heavy (non-hydrogen) atoms. The van der Waals surface area contributed by atoms with Gasteiger partial charge in [-0.2, -0.15) is 0 Å². The molecule has 2 atom stereocenters. The molecule has 0 aliphatic rings. The molecule has 0 amide bonds. The van der Waals surface area contributed by atoms with E-state index in [1.54, 1.807) is 0 Å². The second-order valence-corrected chi connectivity index (χ2v) is 12.6. The van der Waals surface area contributed by atoms with Gasteiger partial charge in [-0.3, -0.25) is 0 Å². The van der Waals surface area contributed by atoms with E-state index in [2.05, 4.69) is 26.6 Å². The van der Waals surface area contributed by atoms with E-state index < -0.39 is 18.1 Å². The van der Waals surface area contributed by atoms with Crippen LogP contribution in [0.2, 0.25) is 19.1 Å². The maximum atomic E-state index is 5.46. The van der Waals surface area contributed by atoms with Crippen LogP contribution >= 0.6 is 0 Å². The van der Waals surface area contributed by atoms with E-state index in [0.717, 1.165) is 21.0 Å². The molecular formula is C12H34O2Si4. The second kappa shape index (κ2) is 17.5. The Kier molecular flexibility index (Phi) is 20.3. The zero-order chi connectivity index (χ0) is 14.2. The van der Waals surface area contributed by atoms with E-state index in [1.807, 2.05) is 5.70 Å². The lowest BCUT2D eigenvalue weighted by molar-refractivity contribution is 0.597. The largest absolute Gasteiger partial charge is 0.466 e. The van der Waals surface area contributed by atoms with E-state index >= 15 is 0 Å². The summed E-state index contributed by atoms with van der Waals surface area (Å²) in [5, 5.41) is 0. The molecule has 0 radical (unpaired) electrons. The summed E-state index contributed by atoms with van der Waals surface area (Å²) in [7, 11) is 0.315. The Labute approximate surface area is 124 Å². The minimum absolute atomic E-state index is 0.678. The lowest BCUT2D eigenvalue weighted by Gasteiger charge is -2.06. The summed E-state index contributed by atoms with van der Waals surface area (Å²) in [6, 6.07) is 1.40. The van der Waals surface area contributed by atoms with Crippen molar-refractivity contribution in [1.29, 1.82) is 0 Å². The first-order valence-electron chi connectivity index (χ1n) is 7.30. The molecule has 6 heteroatoms. The topological polar surface area (TPSA) is 18.5 Å². The van der Waals surface area contributed by atoms with Gasteiger partial charge < -0.3 is 8.23 Å². The van der Waals surface area contributed by atoms with Gasteiger partial charge in [-0.25, -0.2) is 0 Å². The third-order valence-corrected chi connectivity index (χ3v) is 11.1. The predicted molar refractivity (Wildman–Crippen MR) is 96.5 cm³/mol. The van der Waals surface area contributed by atoms with Crippen molar-refractivity contribution in [3.8, 4) is 0 Å². The number of unbranched alkanes of at least 4 members (excludes halogenated alkanes) is 5. The quantitative estimate of drug-likeness (QED) is 0.447. The zero-order valence-corrected chi connectivity index (χ0v) is 19.5. The predicted octanol–water partition coefficient (Wildman–Crippen LogP) is 1.36. The van der Waals surface area contributed by atoms with Crippen molar-refractivity contribution in [2.24, 2.45) is 0 Å². The molecule has 0 aromatic heterocycles. The highest BCUT2D eigenvalue weighted by molar-refractivity contribution is 6.59. The monoisotopic (exact) mass is 322 g/mol. The fourth-order valence-corrected chi connectivity index (χ4v) is 4.00. The van der Waals surface area contributed by atoms with Gasteiger partial charge >= 0.3 is 0 Å². The molecule has 0 heterocycles. The summed E-state index contributed by atoms with van der Waals surface area (Å²) in [5.74, 6) is 0. The van der Waals surface area contributed by atoms with Gasteiger partial charge in [-0.1, -0.05) is 51.1 Å². The van der Waals surface area contributed by atoms with Crippen molar-refractivity contribution in [2.45, 2.75) is 64.6 Å². The van der Waals surface area contributed by atoms with E-state index in [9.17, 15) is 0 Å². The molecule has 0 aliphatic heterocycles. The highest BCUT2D eigenvalue weighted by atomic mass is 28.3. The van der Waals surface area contributed by atoms with Gasteiger partial charge in [0.05, 0.1) is 0 Å². The summed E-state index contributed by atoms with van der Waals surface area (Å²) >= 11 is 0. The third kappa shape index (κ3) is 18.9. The molecule has 0 aromatic carbocycles. The summed E-state index contributed by atoms with van der Waals surface area (Å²) in [6.45, 7) is 10.3. The highest BCUT2D eigenvalue weighted by Crippen LogP contribution is 2.08. The number of rotatable bonds is 10. The van der Waals surface area contributed by atoms with Gasteiger partial charge in [0.15, 0.2) is 18.1 Å². The molecule has 0 aromatic rings. The molecule has 0 fully saturated rings. The van der Waals surface area contributed by atoms with Crippen LogP contribution in [-0.2, 0) is 8.23 Å². The first kappa shape index (κ1) is 20.8. The minimum Gasteiger partial charge on any atom is -0.466 e. The second-order valence-electron chi connectivity index (χ2n) is 4.78. The zero-order valence-electron chi connectivity index (χ0n) is 13.2. The van der Waals surface area contributed by atoms with Crippen LogP contribution in [0, 0.1) is 0 Å². The lowest BCUT2D eigenvalue weighted by Crippen LogP contribution is -2.09. The Morgan fingerprint density at radius 2 is 1.56 bits per heavy atom. The average Bonchev–Trinajstić information content (AvgIpc) is 2.42.